The molecule has 0 aromatic carbocycles. The highest BCUT2D eigenvalue weighted by molar-refractivity contribution is 5.91. The first-order valence-electron chi connectivity index (χ1n) is 11.3. The molecule has 1 N–H and O–H groups in total. The summed E-state index contributed by atoms with van der Waals surface area (Å²) < 4.78 is 6.55. The van der Waals surface area contributed by atoms with E-state index in [9.17, 15) is 9.59 Å². The molecule has 2 saturated heterocycles. The lowest BCUT2D eigenvalue weighted by Crippen LogP contribution is -2.49. The molecule has 2 atom stereocenters. The highest BCUT2D eigenvalue weighted by atomic mass is 16.6. The van der Waals surface area contributed by atoms with E-state index >= 15 is 0 Å². The van der Waals surface area contributed by atoms with Crippen LogP contribution in [0.5, 0.6) is 0 Å². The number of carbonyl (C=O) groups excluding carboxylic acids is 1. The molecule has 3 aliphatic rings. The second-order valence-corrected chi connectivity index (χ2v) is 9.04. The molecule has 1 amide bonds. The van der Waals surface area contributed by atoms with Crippen LogP contribution in [0.15, 0.2) is 27.8 Å². The van der Waals surface area contributed by atoms with Gasteiger partial charge >= 0.3 is 0 Å². The third-order valence-electron chi connectivity index (χ3n) is 6.76. The van der Waals surface area contributed by atoms with Crippen LogP contribution in [0.3, 0.4) is 0 Å². The Morgan fingerprint density at radius 1 is 1.21 bits per heavy atom. The average molecular weight is 459 g/mol. The lowest BCUT2D eigenvalue weighted by molar-refractivity contribution is -0.122. The van der Waals surface area contributed by atoms with Gasteiger partial charge in [0, 0.05) is 56.4 Å². The zero-order valence-corrected chi connectivity index (χ0v) is 18.8. The molecule has 2 aromatic rings. The number of carbonyl (C=O) groups is 2. The van der Waals surface area contributed by atoms with E-state index in [2.05, 4.69) is 37.9 Å². The van der Waals surface area contributed by atoms with Crippen molar-refractivity contribution in [2.75, 3.05) is 46.3 Å². The molecule has 5 heterocycles. The summed E-state index contributed by atoms with van der Waals surface area (Å²) in [5.74, 6) is 0.305. The molecule has 2 bridgehead atoms. The number of hydrogen-bond donors (Lipinski definition) is 1. The normalized spacial score (nSPS) is 23.1. The highest BCUT2D eigenvalue weighted by Crippen LogP contribution is 2.35. The standard InChI is InChI=1S/C21H28N6O3.CH2O2/c1-24-5-2-6-25(8-7-24)13-16-3-4-19-17-9-15(12-27(19)20(16)28)11-26(14-17)21(29)18-10-22-30-23-18;2-1-3/h3-4,10,15,17H,2,5-9,11-14H2,1H3;1H,(H,2,3)/t15-,17+;/m0./s1. The summed E-state index contributed by atoms with van der Waals surface area (Å²) in [7, 11) is 2.16. The van der Waals surface area contributed by atoms with E-state index in [0.717, 1.165) is 50.3 Å². The number of aromatic nitrogens is 3. The molecular formula is C22H30N6O5. The van der Waals surface area contributed by atoms with Crippen LogP contribution >= 0.6 is 0 Å². The fourth-order valence-corrected chi connectivity index (χ4v) is 5.20. The SMILES string of the molecule is CN1CCCN(Cc2ccc3n(c2=O)C[C@H]2C[C@@H]3CN(C(=O)c3cnon3)C2)CC1.O=CO. The van der Waals surface area contributed by atoms with Crippen molar-refractivity contribution in [2.45, 2.75) is 31.8 Å². The van der Waals surface area contributed by atoms with Crippen molar-refractivity contribution < 1.29 is 19.3 Å². The number of fused-ring (bicyclic) bond motifs is 4. The Labute approximate surface area is 191 Å². The van der Waals surface area contributed by atoms with Crippen LogP contribution in [0.4, 0.5) is 0 Å². The second-order valence-electron chi connectivity index (χ2n) is 9.04. The van der Waals surface area contributed by atoms with Crippen molar-refractivity contribution >= 4 is 12.4 Å². The number of hydrogen-bond acceptors (Lipinski definition) is 8. The van der Waals surface area contributed by atoms with Crippen LogP contribution in [0.25, 0.3) is 0 Å². The molecule has 2 fully saturated rings. The van der Waals surface area contributed by atoms with E-state index in [-0.39, 0.29) is 35.5 Å². The van der Waals surface area contributed by atoms with Gasteiger partial charge < -0.3 is 19.5 Å². The van der Waals surface area contributed by atoms with E-state index in [1.165, 1.54) is 6.20 Å². The monoisotopic (exact) mass is 458 g/mol. The lowest BCUT2D eigenvalue weighted by atomic mass is 9.83. The second kappa shape index (κ2) is 10.3. The van der Waals surface area contributed by atoms with E-state index < -0.39 is 0 Å². The summed E-state index contributed by atoms with van der Waals surface area (Å²) in [6.45, 7) is 6.55. The maximum Gasteiger partial charge on any atom is 0.290 e. The Kier molecular flexibility index (Phi) is 7.19. The third kappa shape index (κ3) is 5.14. The number of rotatable bonds is 3. The zero-order chi connectivity index (χ0) is 23.4. The molecule has 5 rings (SSSR count). The zero-order valence-electron chi connectivity index (χ0n) is 18.8. The third-order valence-corrected chi connectivity index (χ3v) is 6.76. The fourth-order valence-electron chi connectivity index (χ4n) is 5.20. The number of likely N-dealkylation sites (N-methyl/N-ethyl adjacent to an activating group) is 1. The first-order valence-corrected chi connectivity index (χ1v) is 11.3. The van der Waals surface area contributed by atoms with Gasteiger partial charge in [0.2, 0.25) is 0 Å². The van der Waals surface area contributed by atoms with Gasteiger partial charge in [-0.3, -0.25) is 19.3 Å². The lowest BCUT2D eigenvalue weighted by Gasteiger charge is -2.42. The molecule has 33 heavy (non-hydrogen) atoms. The van der Waals surface area contributed by atoms with Gasteiger partial charge in [-0.2, -0.15) is 0 Å². The largest absolute Gasteiger partial charge is 0.483 e. The number of pyridine rings is 1. The summed E-state index contributed by atoms with van der Waals surface area (Å²) in [6.07, 6.45) is 3.51. The van der Waals surface area contributed by atoms with Crippen molar-refractivity contribution in [3.8, 4) is 0 Å². The number of piperidine rings is 1. The molecule has 3 aliphatic heterocycles. The van der Waals surface area contributed by atoms with Crippen LogP contribution in [0.2, 0.25) is 0 Å². The number of amides is 1. The Morgan fingerprint density at radius 3 is 2.79 bits per heavy atom. The molecule has 178 valence electrons. The van der Waals surface area contributed by atoms with Gasteiger partial charge in [0.25, 0.3) is 17.9 Å². The van der Waals surface area contributed by atoms with E-state index in [4.69, 9.17) is 9.90 Å². The van der Waals surface area contributed by atoms with Crippen molar-refractivity contribution in [3.05, 3.63) is 45.6 Å². The molecule has 0 saturated carbocycles. The molecular weight excluding hydrogens is 428 g/mol. The number of likely N-dealkylation sites (tertiary alicyclic amines) is 1. The van der Waals surface area contributed by atoms with Crippen LogP contribution in [-0.4, -0.2) is 93.4 Å². The molecule has 11 heteroatoms. The average Bonchev–Trinajstić information content (AvgIpc) is 3.26. The van der Waals surface area contributed by atoms with Crippen molar-refractivity contribution in [1.29, 1.82) is 0 Å². The Balaban J connectivity index is 0.000000821. The molecule has 2 aromatic heterocycles. The van der Waals surface area contributed by atoms with Crippen molar-refractivity contribution in [2.24, 2.45) is 5.92 Å². The Morgan fingerprint density at radius 2 is 2.03 bits per heavy atom. The summed E-state index contributed by atoms with van der Waals surface area (Å²) in [5.41, 5.74) is 2.31. The van der Waals surface area contributed by atoms with Gasteiger partial charge in [-0.1, -0.05) is 11.2 Å². The summed E-state index contributed by atoms with van der Waals surface area (Å²) in [6, 6.07) is 4.11. The Bertz CT molecular complexity index is 1020. The van der Waals surface area contributed by atoms with Gasteiger partial charge in [-0.05, 0) is 50.1 Å². The van der Waals surface area contributed by atoms with Gasteiger partial charge in [-0.15, -0.1) is 0 Å². The first-order chi connectivity index (χ1) is 16.0. The van der Waals surface area contributed by atoms with E-state index in [0.29, 0.717) is 26.2 Å². The quantitative estimate of drug-likeness (QED) is 0.648. The molecule has 11 nitrogen and oxygen atoms in total. The number of nitrogens with zero attached hydrogens (tertiary/aromatic N) is 6. The van der Waals surface area contributed by atoms with Crippen LogP contribution in [0.1, 0.15) is 40.5 Å². The topological polar surface area (TPSA) is 125 Å². The predicted molar refractivity (Wildman–Crippen MR) is 118 cm³/mol. The first kappa shape index (κ1) is 23.1. The number of carboxylic acid groups (broad SMARTS) is 1. The van der Waals surface area contributed by atoms with Gasteiger partial charge in [-0.25, -0.2) is 4.63 Å². The molecule has 0 spiro atoms. The maximum absolute atomic E-state index is 13.3. The summed E-state index contributed by atoms with van der Waals surface area (Å²) in [5, 5.41) is 14.1. The van der Waals surface area contributed by atoms with Gasteiger partial charge in [0.1, 0.15) is 6.20 Å². The van der Waals surface area contributed by atoms with Crippen molar-refractivity contribution in [3.63, 3.8) is 0 Å². The summed E-state index contributed by atoms with van der Waals surface area (Å²) >= 11 is 0. The molecule has 0 unspecified atom stereocenters. The van der Waals surface area contributed by atoms with Crippen LogP contribution in [0, 0.1) is 5.92 Å². The van der Waals surface area contributed by atoms with Gasteiger partial charge in [0.15, 0.2) is 5.69 Å². The predicted octanol–water partition coefficient (Wildman–Crippen LogP) is 0.329. The van der Waals surface area contributed by atoms with Gasteiger partial charge in [0.05, 0.1) is 0 Å². The van der Waals surface area contributed by atoms with Crippen molar-refractivity contribution in [1.82, 2.24) is 29.6 Å². The highest BCUT2D eigenvalue weighted by Gasteiger charge is 2.37. The maximum atomic E-state index is 13.3. The molecule has 0 radical (unpaired) electrons. The van der Waals surface area contributed by atoms with E-state index in [1.807, 2.05) is 15.5 Å². The minimum atomic E-state index is -0.250. The van der Waals surface area contributed by atoms with Crippen LogP contribution in [-0.2, 0) is 17.9 Å². The van der Waals surface area contributed by atoms with E-state index in [1.54, 1.807) is 0 Å². The Hall–Kier alpha value is -3.05. The smallest absolute Gasteiger partial charge is 0.290 e. The van der Waals surface area contributed by atoms with Crippen LogP contribution < -0.4 is 5.56 Å². The summed E-state index contributed by atoms with van der Waals surface area (Å²) in [4.78, 5) is 40.9. The minimum Gasteiger partial charge on any atom is -0.483 e. The minimum absolute atomic E-state index is 0.139. The molecule has 0 aliphatic carbocycles. The fraction of sp³-hybridized carbons (Fsp3) is 0.591.